The molecule has 0 heterocycles. The molecule has 0 N–H and O–H groups in total. The molecule has 2 heteroatoms. The van der Waals surface area contributed by atoms with Crippen LogP contribution < -0.4 is 19.6 Å². The second kappa shape index (κ2) is 8.25. The third-order valence-electron chi connectivity index (χ3n) is 3.47. The van der Waals surface area contributed by atoms with Crippen LogP contribution in [0.4, 0.5) is 0 Å². The first kappa shape index (κ1) is 16.1. The topological polar surface area (TPSA) is 0 Å². The normalized spacial score (nSPS) is 9.71. The summed E-state index contributed by atoms with van der Waals surface area (Å²) in [6.45, 7) is 0. The van der Waals surface area contributed by atoms with Crippen LogP contribution in [0, 0.1) is 0 Å². The molecule has 0 aliphatic heterocycles. The van der Waals surface area contributed by atoms with Gasteiger partial charge >= 0.3 is 128 Å². The molecule has 0 aliphatic carbocycles. The van der Waals surface area contributed by atoms with Crippen LogP contribution in [0.2, 0.25) is 0 Å². The average Bonchev–Trinajstić information content (AvgIpc) is 2.55. The molecule has 0 atom stereocenters. The summed E-state index contributed by atoms with van der Waals surface area (Å²) in [5.41, 5.74) is 1.47. The van der Waals surface area contributed by atoms with Crippen LogP contribution in [0.5, 0.6) is 0 Å². The van der Waals surface area contributed by atoms with Gasteiger partial charge in [-0.1, -0.05) is 0 Å². The Morgan fingerprint density at radius 2 is 0.905 bits per heavy atom. The van der Waals surface area contributed by atoms with Crippen molar-refractivity contribution in [2.45, 2.75) is 4.44 Å². The van der Waals surface area contributed by atoms with E-state index in [9.17, 15) is 0 Å². The van der Waals surface area contributed by atoms with Gasteiger partial charge in [0.15, 0.2) is 0 Å². The van der Waals surface area contributed by atoms with Crippen LogP contribution in [-0.4, -0.2) is 19.8 Å². The molecule has 3 rings (SSSR count). The molecule has 0 saturated carbocycles. The SMILES string of the molecule is [Cl-].c1ccc([CH2][Sn+]([c]2ccccc2)[c]2ccccc2)cc1. The van der Waals surface area contributed by atoms with Crippen molar-refractivity contribution in [3.05, 3.63) is 96.6 Å². The van der Waals surface area contributed by atoms with Crippen LogP contribution in [-0.2, 0) is 4.44 Å². The number of rotatable bonds is 4. The summed E-state index contributed by atoms with van der Waals surface area (Å²) in [6.07, 6.45) is 0. The third kappa shape index (κ3) is 4.36. The van der Waals surface area contributed by atoms with E-state index in [4.69, 9.17) is 0 Å². The second-order valence-corrected chi connectivity index (χ2v) is 11.9. The van der Waals surface area contributed by atoms with Crippen LogP contribution >= 0.6 is 0 Å². The fourth-order valence-corrected chi connectivity index (χ4v) is 9.80. The van der Waals surface area contributed by atoms with Crippen LogP contribution in [0.25, 0.3) is 0 Å². The Kier molecular flexibility index (Phi) is 6.34. The summed E-state index contributed by atoms with van der Waals surface area (Å²) in [5, 5.41) is 0. The predicted molar refractivity (Wildman–Crippen MR) is 88.1 cm³/mol. The summed E-state index contributed by atoms with van der Waals surface area (Å²) in [5.74, 6) is 0. The fourth-order valence-electron chi connectivity index (χ4n) is 2.45. The van der Waals surface area contributed by atoms with Crippen molar-refractivity contribution in [1.82, 2.24) is 0 Å². The van der Waals surface area contributed by atoms with E-state index in [0.29, 0.717) is 0 Å². The fraction of sp³-hybridized carbons (Fsp3) is 0.0526. The van der Waals surface area contributed by atoms with Crippen molar-refractivity contribution in [1.29, 1.82) is 0 Å². The molecule has 0 nitrogen and oxygen atoms in total. The molecule has 0 unspecified atom stereocenters. The Labute approximate surface area is 140 Å². The van der Waals surface area contributed by atoms with Crippen molar-refractivity contribution >= 4 is 26.9 Å². The predicted octanol–water partition coefficient (Wildman–Crippen LogP) is 0.0815. The quantitative estimate of drug-likeness (QED) is 0.546. The summed E-state index contributed by atoms with van der Waals surface area (Å²) in [6, 6.07) is 33.0. The molecule has 0 aromatic heterocycles. The van der Waals surface area contributed by atoms with E-state index in [2.05, 4.69) is 91.0 Å². The van der Waals surface area contributed by atoms with Crippen molar-refractivity contribution < 1.29 is 12.4 Å². The van der Waals surface area contributed by atoms with E-state index >= 15 is 0 Å². The van der Waals surface area contributed by atoms with Gasteiger partial charge in [-0.15, -0.1) is 0 Å². The van der Waals surface area contributed by atoms with Crippen LogP contribution in [0.3, 0.4) is 0 Å². The third-order valence-corrected chi connectivity index (χ3v) is 11.5. The maximum absolute atomic E-state index is 2.31. The van der Waals surface area contributed by atoms with Crippen molar-refractivity contribution in [3.63, 3.8) is 0 Å². The van der Waals surface area contributed by atoms with Crippen molar-refractivity contribution in [2.75, 3.05) is 0 Å². The standard InChI is InChI=1S/C7H7.2C6H5.ClH.Sn/c1-7-5-3-2-4-6-7;2*1-2-4-6-5-3-1;;/h2-6H,1H2;2*1-5H;1H;/q;;;;+1/p-1. The Morgan fingerprint density at radius 1 is 0.524 bits per heavy atom. The Balaban J connectivity index is 0.00000161. The first-order chi connectivity index (χ1) is 9.93. The van der Waals surface area contributed by atoms with Gasteiger partial charge in [0.05, 0.1) is 0 Å². The molecule has 3 aromatic rings. The molecule has 21 heavy (non-hydrogen) atoms. The van der Waals surface area contributed by atoms with Gasteiger partial charge < -0.3 is 12.4 Å². The monoisotopic (exact) mass is 400 g/mol. The zero-order valence-electron chi connectivity index (χ0n) is 11.7. The van der Waals surface area contributed by atoms with E-state index in [-0.39, 0.29) is 12.4 Å². The summed E-state index contributed by atoms with van der Waals surface area (Å²) in [4.78, 5) is 0. The Morgan fingerprint density at radius 3 is 1.33 bits per heavy atom. The molecule has 0 fully saturated rings. The Bertz CT molecular complexity index is 599. The maximum atomic E-state index is 2.31. The van der Waals surface area contributed by atoms with E-state index in [0.717, 1.165) is 0 Å². The van der Waals surface area contributed by atoms with Crippen LogP contribution in [0.15, 0.2) is 91.0 Å². The van der Waals surface area contributed by atoms with E-state index < -0.39 is 19.8 Å². The molecule has 0 saturated heterocycles. The molecule has 0 aliphatic rings. The van der Waals surface area contributed by atoms with Gasteiger partial charge in [-0.3, -0.25) is 0 Å². The van der Waals surface area contributed by atoms with E-state index in [1.165, 1.54) is 10.0 Å². The van der Waals surface area contributed by atoms with Gasteiger partial charge in [-0.25, -0.2) is 0 Å². The van der Waals surface area contributed by atoms with Crippen LogP contribution in [0.1, 0.15) is 5.56 Å². The minimum atomic E-state index is -1.84. The minimum absolute atomic E-state index is 0. The van der Waals surface area contributed by atoms with Gasteiger partial charge in [0, 0.05) is 0 Å². The van der Waals surface area contributed by atoms with Gasteiger partial charge in [-0.05, 0) is 0 Å². The molecule has 104 valence electrons. The molecular weight excluding hydrogens is 382 g/mol. The molecule has 0 spiro atoms. The van der Waals surface area contributed by atoms with Crippen molar-refractivity contribution in [3.8, 4) is 0 Å². The van der Waals surface area contributed by atoms with Gasteiger partial charge in [0.1, 0.15) is 0 Å². The summed E-state index contributed by atoms with van der Waals surface area (Å²) in [7, 11) is 0. The first-order valence-electron chi connectivity index (χ1n) is 6.94. The first-order valence-corrected chi connectivity index (χ1v) is 11.8. The molecule has 3 aromatic carbocycles. The summed E-state index contributed by atoms with van der Waals surface area (Å²) >= 11 is -1.84. The number of hydrogen-bond donors (Lipinski definition) is 0. The molecule has 0 amide bonds. The zero-order chi connectivity index (χ0) is 13.6. The van der Waals surface area contributed by atoms with E-state index in [1.807, 2.05) is 0 Å². The molecule has 0 radical (unpaired) electrons. The average molecular weight is 400 g/mol. The van der Waals surface area contributed by atoms with Gasteiger partial charge in [0.2, 0.25) is 0 Å². The molecule has 0 bridgehead atoms. The number of halogens is 1. The van der Waals surface area contributed by atoms with Gasteiger partial charge in [0.25, 0.3) is 0 Å². The zero-order valence-corrected chi connectivity index (χ0v) is 15.4. The van der Waals surface area contributed by atoms with Crippen molar-refractivity contribution in [2.24, 2.45) is 0 Å². The number of hydrogen-bond acceptors (Lipinski definition) is 0. The second-order valence-electron chi connectivity index (χ2n) is 4.87. The van der Waals surface area contributed by atoms with E-state index in [1.54, 1.807) is 7.16 Å². The Hall–Kier alpha value is -1.25. The molecular formula is C19H17ClSn. The summed E-state index contributed by atoms with van der Waals surface area (Å²) < 4.78 is 4.38. The van der Waals surface area contributed by atoms with Gasteiger partial charge in [-0.2, -0.15) is 0 Å². The number of benzene rings is 3.